The Labute approximate surface area is 118 Å². The molecule has 0 spiro atoms. The zero-order chi connectivity index (χ0) is 13.8. The Morgan fingerprint density at radius 3 is 2.68 bits per heavy atom. The Morgan fingerprint density at radius 1 is 1.37 bits per heavy atom. The number of carbonyl (C=O) groups is 2. The number of allylic oxidation sites excluding steroid dienone is 2. The smallest absolute Gasteiger partial charge is 0.163 e. The van der Waals surface area contributed by atoms with E-state index in [0.29, 0.717) is 17.0 Å². The highest BCUT2D eigenvalue weighted by Gasteiger charge is 2.27. The second-order valence-corrected chi connectivity index (χ2v) is 5.52. The molecule has 0 saturated heterocycles. The lowest BCUT2D eigenvalue weighted by Gasteiger charge is -2.26. The zero-order valence-corrected chi connectivity index (χ0v) is 11.7. The number of halogens is 1. The topological polar surface area (TPSA) is 34.1 Å². The maximum atomic E-state index is 12.2. The Kier molecular flexibility index (Phi) is 4.54. The molecular weight excluding hydrogens is 260 g/mol. The molecule has 0 saturated carbocycles. The first-order valence-corrected chi connectivity index (χ1v) is 6.90. The second-order valence-electron chi connectivity index (χ2n) is 5.08. The van der Waals surface area contributed by atoms with Crippen molar-refractivity contribution in [2.75, 3.05) is 0 Å². The molecule has 2 nitrogen and oxygen atoms in total. The van der Waals surface area contributed by atoms with E-state index in [1.807, 2.05) is 6.92 Å². The van der Waals surface area contributed by atoms with Crippen molar-refractivity contribution < 1.29 is 9.59 Å². The molecule has 0 N–H and O–H groups in total. The molecule has 2 atom stereocenters. The van der Waals surface area contributed by atoms with Crippen LogP contribution in [-0.4, -0.2) is 12.1 Å². The van der Waals surface area contributed by atoms with Crippen molar-refractivity contribution in [1.29, 1.82) is 0 Å². The van der Waals surface area contributed by atoms with Crippen LogP contribution in [0.3, 0.4) is 0 Å². The molecule has 1 aliphatic carbocycles. The van der Waals surface area contributed by atoms with E-state index >= 15 is 0 Å². The van der Waals surface area contributed by atoms with Gasteiger partial charge in [-0.2, -0.15) is 0 Å². The summed E-state index contributed by atoms with van der Waals surface area (Å²) in [6.07, 6.45) is 5.36. The van der Waals surface area contributed by atoms with Gasteiger partial charge in [-0.1, -0.05) is 23.3 Å². The molecule has 0 amide bonds. The van der Waals surface area contributed by atoms with Crippen molar-refractivity contribution in [3.8, 4) is 0 Å². The van der Waals surface area contributed by atoms with E-state index in [2.05, 4.69) is 6.08 Å². The highest BCUT2D eigenvalue weighted by Crippen LogP contribution is 2.32. The molecule has 1 aliphatic rings. The number of rotatable bonds is 4. The third-order valence-corrected chi connectivity index (χ3v) is 4.05. The van der Waals surface area contributed by atoms with Gasteiger partial charge in [-0.3, -0.25) is 4.79 Å². The van der Waals surface area contributed by atoms with Crippen LogP contribution in [0.5, 0.6) is 0 Å². The molecule has 2 unspecified atom stereocenters. The second kappa shape index (κ2) is 6.16. The monoisotopic (exact) mass is 276 g/mol. The fourth-order valence-electron chi connectivity index (χ4n) is 2.65. The van der Waals surface area contributed by atoms with Crippen LogP contribution in [0.1, 0.15) is 36.5 Å². The van der Waals surface area contributed by atoms with Crippen LogP contribution in [0.25, 0.3) is 0 Å². The minimum absolute atomic E-state index is 0.0863. The summed E-state index contributed by atoms with van der Waals surface area (Å²) >= 11 is 5.81. The molecule has 100 valence electrons. The molecule has 19 heavy (non-hydrogen) atoms. The number of aldehydes is 1. The van der Waals surface area contributed by atoms with E-state index in [9.17, 15) is 9.59 Å². The van der Waals surface area contributed by atoms with E-state index in [0.717, 1.165) is 24.7 Å². The maximum Gasteiger partial charge on any atom is 0.163 e. The number of benzene rings is 1. The molecule has 1 aromatic carbocycles. The molecule has 0 fully saturated rings. The summed E-state index contributed by atoms with van der Waals surface area (Å²) in [5.41, 5.74) is 1.76. The molecule has 0 radical (unpaired) electrons. The lowest BCUT2D eigenvalue weighted by atomic mass is 9.77. The minimum Gasteiger partial charge on any atom is -0.303 e. The van der Waals surface area contributed by atoms with Crippen LogP contribution < -0.4 is 0 Å². The lowest BCUT2D eigenvalue weighted by molar-refractivity contribution is -0.111. The van der Waals surface area contributed by atoms with E-state index in [-0.39, 0.29) is 17.6 Å². The van der Waals surface area contributed by atoms with Gasteiger partial charge in [0.05, 0.1) is 0 Å². The summed E-state index contributed by atoms with van der Waals surface area (Å²) in [7, 11) is 0. The number of ketones is 1. The van der Waals surface area contributed by atoms with Gasteiger partial charge in [0.25, 0.3) is 0 Å². The Morgan fingerprint density at radius 2 is 2.05 bits per heavy atom. The summed E-state index contributed by atoms with van der Waals surface area (Å²) in [5, 5.41) is 0.624. The summed E-state index contributed by atoms with van der Waals surface area (Å²) in [6, 6.07) is 6.92. The number of Topliss-reactive ketones (excluding diaryl/α,β-unsaturated/α-hetero) is 1. The summed E-state index contributed by atoms with van der Waals surface area (Å²) < 4.78 is 0. The van der Waals surface area contributed by atoms with Gasteiger partial charge in [-0.15, -0.1) is 0 Å². The largest absolute Gasteiger partial charge is 0.303 e. The molecule has 2 rings (SSSR count). The van der Waals surface area contributed by atoms with Crippen LogP contribution in [0.4, 0.5) is 0 Å². The van der Waals surface area contributed by atoms with Crippen molar-refractivity contribution in [2.45, 2.75) is 26.2 Å². The van der Waals surface area contributed by atoms with Gasteiger partial charge in [0.2, 0.25) is 0 Å². The van der Waals surface area contributed by atoms with Crippen LogP contribution in [0.15, 0.2) is 35.9 Å². The van der Waals surface area contributed by atoms with Crippen molar-refractivity contribution >= 4 is 23.7 Å². The molecule has 0 aliphatic heterocycles. The average molecular weight is 277 g/mol. The van der Waals surface area contributed by atoms with Crippen molar-refractivity contribution in [3.05, 3.63) is 46.5 Å². The quantitative estimate of drug-likeness (QED) is 0.472. The highest BCUT2D eigenvalue weighted by molar-refractivity contribution is 6.30. The van der Waals surface area contributed by atoms with E-state index in [1.54, 1.807) is 24.3 Å². The van der Waals surface area contributed by atoms with Crippen LogP contribution in [-0.2, 0) is 4.79 Å². The Balaban J connectivity index is 2.08. The first kappa shape index (κ1) is 14.0. The first-order valence-electron chi connectivity index (χ1n) is 6.52. The fraction of sp³-hybridized carbons (Fsp3) is 0.375. The van der Waals surface area contributed by atoms with Gasteiger partial charge < -0.3 is 4.79 Å². The lowest BCUT2D eigenvalue weighted by Crippen LogP contribution is -2.23. The van der Waals surface area contributed by atoms with Crippen molar-refractivity contribution in [1.82, 2.24) is 0 Å². The predicted molar refractivity (Wildman–Crippen MR) is 76.4 cm³/mol. The van der Waals surface area contributed by atoms with Crippen LogP contribution in [0, 0.1) is 11.8 Å². The Hall–Kier alpha value is -1.41. The van der Waals surface area contributed by atoms with Gasteiger partial charge in [-0.05, 0) is 49.9 Å². The van der Waals surface area contributed by atoms with Gasteiger partial charge in [0.1, 0.15) is 6.29 Å². The summed E-state index contributed by atoms with van der Waals surface area (Å²) in [5.74, 6) is 0.110. The molecule has 0 aromatic heterocycles. The van der Waals surface area contributed by atoms with E-state index < -0.39 is 0 Å². The standard InChI is InChI=1S/C16H17ClO2/c1-11-3-2-4-13(15(11)10-18)9-16(19)12-5-7-14(17)8-6-12/h3,5-8,10,13,15H,2,4,9H2,1H3. The molecule has 1 aromatic rings. The van der Waals surface area contributed by atoms with Crippen LogP contribution in [0.2, 0.25) is 5.02 Å². The van der Waals surface area contributed by atoms with E-state index in [1.165, 1.54) is 0 Å². The number of carbonyl (C=O) groups excluding carboxylic acids is 2. The van der Waals surface area contributed by atoms with Gasteiger partial charge in [-0.25, -0.2) is 0 Å². The number of hydrogen-bond acceptors (Lipinski definition) is 2. The van der Waals surface area contributed by atoms with Gasteiger partial charge >= 0.3 is 0 Å². The number of hydrogen-bond donors (Lipinski definition) is 0. The molecule has 0 bridgehead atoms. The van der Waals surface area contributed by atoms with E-state index in [4.69, 9.17) is 11.6 Å². The molecular formula is C16H17ClO2. The zero-order valence-electron chi connectivity index (χ0n) is 10.9. The fourth-order valence-corrected chi connectivity index (χ4v) is 2.78. The minimum atomic E-state index is -0.106. The molecule has 3 heteroatoms. The van der Waals surface area contributed by atoms with Gasteiger partial charge in [0.15, 0.2) is 5.78 Å². The maximum absolute atomic E-state index is 12.2. The van der Waals surface area contributed by atoms with Crippen molar-refractivity contribution in [3.63, 3.8) is 0 Å². The third kappa shape index (κ3) is 3.32. The van der Waals surface area contributed by atoms with Crippen molar-refractivity contribution in [2.24, 2.45) is 11.8 Å². The summed E-state index contributed by atoms with van der Waals surface area (Å²) in [4.78, 5) is 23.4. The highest BCUT2D eigenvalue weighted by atomic mass is 35.5. The van der Waals surface area contributed by atoms with Gasteiger partial charge in [0, 0.05) is 22.9 Å². The third-order valence-electron chi connectivity index (χ3n) is 3.80. The SMILES string of the molecule is CC1=CCCC(CC(=O)c2ccc(Cl)cc2)C1C=O. The summed E-state index contributed by atoms with van der Waals surface area (Å²) in [6.45, 7) is 1.97. The molecule has 0 heterocycles. The average Bonchev–Trinajstić information content (AvgIpc) is 2.39. The predicted octanol–water partition coefficient (Wildman–Crippen LogP) is 4.08. The van der Waals surface area contributed by atoms with Crippen LogP contribution >= 0.6 is 11.6 Å². The normalized spacial score (nSPS) is 22.7. The Bertz CT molecular complexity index is 502. The first-order chi connectivity index (χ1) is 9.11.